The molecule has 0 saturated heterocycles. The predicted octanol–water partition coefficient (Wildman–Crippen LogP) is 3.11. The Hall–Kier alpha value is -2.18. The summed E-state index contributed by atoms with van der Waals surface area (Å²) in [5, 5.41) is 8.84. The first-order chi connectivity index (χ1) is 10.3. The molecule has 21 heavy (non-hydrogen) atoms. The molecular weight excluding hydrogens is 286 g/mol. The summed E-state index contributed by atoms with van der Waals surface area (Å²) in [7, 11) is 1.66. The monoisotopic (exact) mass is 301 g/mol. The van der Waals surface area contributed by atoms with Gasteiger partial charge in [0.25, 0.3) is 0 Å². The number of hydrogen-bond donors (Lipinski definition) is 1. The molecule has 0 amide bonds. The van der Waals surface area contributed by atoms with Crippen molar-refractivity contribution < 1.29 is 9.47 Å². The summed E-state index contributed by atoms with van der Waals surface area (Å²) in [6.45, 7) is 1.08. The van der Waals surface area contributed by atoms with Crippen LogP contribution in [-0.4, -0.2) is 35.1 Å². The van der Waals surface area contributed by atoms with E-state index in [2.05, 4.69) is 10.2 Å². The van der Waals surface area contributed by atoms with Gasteiger partial charge in [0.1, 0.15) is 18.7 Å². The molecule has 6 heteroatoms. The van der Waals surface area contributed by atoms with Crippen LogP contribution in [0.3, 0.4) is 0 Å². The molecule has 2 aromatic carbocycles. The minimum Gasteiger partial charge on any atom is -0.491 e. The quantitative estimate of drug-likeness (QED) is 0.581. The Kier molecular flexibility index (Phi) is 3.98. The van der Waals surface area contributed by atoms with Crippen molar-refractivity contribution in [2.45, 2.75) is 0 Å². The molecule has 0 bridgehead atoms. The normalized spacial score (nSPS) is 10.9. The summed E-state index contributed by atoms with van der Waals surface area (Å²) in [6, 6.07) is 12.0. The maximum absolute atomic E-state index is 5.78. The lowest BCUT2D eigenvalue weighted by molar-refractivity contribution is 0.147. The smallest absolute Gasteiger partial charge is 0.199 e. The molecule has 0 fully saturated rings. The fourth-order valence-corrected chi connectivity index (χ4v) is 2.44. The first kappa shape index (κ1) is 13.8. The Morgan fingerprint density at radius 1 is 1.14 bits per heavy atom. The summed E-state index contributed by atoms with van der Waals surface area (Å²) < 4.78 is 13.2. The molecular formula is C15H15N3O2S. The van der Waals surface area contributed by atoms with Gasteiger partial charge in [-0.1, -0.05) is 24.3 Å². The number of aromatic nitrogens is 3. The minimum atomic E-state index is 0.519. The number of nitrogens with one attached hydrogen (secondary N) is 1. The molecule has 0 radical (unpaired) electrons. The third kappa shape index (κ3) is 2.68. The van der Waals surface area contributed by atoms with Gasteiger partial charge in [0.05, 0.1) is 12.3 Å². The van der Waals surface area contributed by atoms with Gasteiger partial charge in [-0.05, 0) is 24.4 Å². The van der Waals surface area contributed by atoms with Crippen LogP contribution in [0.5, 0.6) is 5.75 Å². The molecule has 3 rings (SSSR count). The molecule has 1 heterocycles. The second-order valence-electron chi connectivity index (χ2n) is 4.50. The molecule has 108 valence electrons. The highest BCUT2D eigenvalue weighted by molar-refractivity contribution is 7.71. The van der Waals surface area contributed by atoms with Crippen LogP contribution in [-0.2, 0) is 4.74 Å². The molecule has 0 unspecified atom stereocenters. The van der Waals surface area contributed by atoms with Gasteiger partial charge in [-0.15, -0.1) is 0 Å². The number of ether oxygens (including phenoxy) is 2. The van der Waals surface area contributed by atoms with Crippen LogP contribution < -0.4 is 4.74 Å². The fraction of sp³-hybridized carbons (Fsp3) is 0.200. The average Bonchev–Trinajstić information content (AvgIpc) is 2.93. The van der Waals surface area contributed by atoms with Crippen molar-refractivity contribution in [3.05, 3.63) is 47.5 Å². The zero-order valence-corrected chi connectivity index (χ0v) is 12.4. The van der Waals surface area contributed by atoms with Gasteiger partial charge in [0.15, 0.2) is 4.77 Å². The lowest BCUT2D eigenvalue weighted by Gasteiger charge is -2.12. The summed E-state index contributed by atoms with van der Waals surface area (Å²) in [4.78, 5) is 0. The molecule has 0 aliphatic rings. The second-order valence-corrected chi connectivity index (χ2v) is 4.89. The zero-order valence-electron chi connectivity index (χ0n) is 11.6. The number of fused-ring (bicyclic) bond motifs is 1. The topological polar surface area (TPSA) is 52.1 Å². The average molecular weight is 301 g/mol. The van der Waals surface area contributed by atoms with Crippen LogP contribution in [0, 0.1) is 4.77 Å². The van der Waals surface area contributed by atoms with E-state index in [0.717, 1.165) is 22.2 Å². The molecule has 0 aliphatic heterocycles. The minimum absolute atomic E-state index is 0.519. The van der Waals surface area contributed by atoms with Gasteiger partial charge in [0.2, 0.25) is 0 Å². The number of hydrogen-bond acceptors (Lipinski definition) is 4. The van der Waals surface area contributed by atoms with Crippen molar-refractivity contribution in [2.24, 2.45) is 0 Å². The van der Waals surface area contributed by atoms with Crippen LogP contribution in [0.2, 0.25) is 0 Å². The van der Waals surface area contributed by atoms with Crippen LogP contribution in [0.4, 0.5) is 0 Å². The second kappa shape index (κ2) is 6.07. The standard InChI is InChI=1S/C15H15N3O2S/c1-19-8-9-20-14-7-6-13(18-10-16-17-15(18)21)11-4-2-3-5-12(11)14/h2-7,10H,8-9H2,1H3,(H,17,21). The summed E-state index contributed by atoms with van der Waals surface area (Å²) in [6.07, 6.45) is 1.68. The highest BCUT2D eigenvalue weighted by Gasteiger charge is 2.09. The van der Waals surface area contributed by atoms with Gasteiger partial charge in [-0.2, -0.15) is 5.10 Å². The van der Waals surface area contributed by atoms with Crippen molar-refractivity contribution >= 4 is 23.0 Å². The van der Waals surface area contributed by atoms with E-state index in [1.165, 1.54) is 0 Å². The largest absolute Gasteiger partial charge is 0.491 e. The summed E-state index contributed by atoms with van der Waals surface area (Å²) >= 11 is 5.25. The van der Waals surface area contributed by atoms with Crippen LogP contribution >= 0.6 is 12.2 Å². The number of benzene rings is 2. The number of rotatable bonds is 5. The highest BCUT2D eigenvalue weighted by Crippen LogP contribution is 2.30. The molecule has 0 spiro atoms. The van der Waals surface area contributed by atoms with Crippen LogP contribution in [0.25, 0.3) is 16.5 Å². The molecule has 5 nitrogen and oxygen atoms in total. The first-order valence-corrected chi connectivity index (χ1v) is 6.98. The molecule has 3 aromatic rings. The van der Waals surface area contributed by atoms with E-state index >= 15 is 0 Å². The molecule has 0 saturated carbocycles. The van der Waals surface area contributed by atoms with Gasteiger partial charge < -0.3 is 9.47 Å². The van der Waals surface area contributed by atoms with E-state index < -0.39 is 0 Å². The van der Waals surface area contributed by atoms with E-state index in [0.29, 0.717) is 18.0 Å². The third-order valence-corrected chi connectivity index (χ3v) is 3.51. The van der Waals surface area contributed by atoms with Crippen molar-refractivity contribution in [2.75, 3.05) is 20.3 Å². The van der Waals surface area contributed by atoms with E-state index in [1.807, 2.05) is 41.0 Å². The van der Waals surface area contributed by atoms with Gasteiger partial charge in [-0.25, -0.2) is 0 Å². The Labute approximate surface area is 127 Å². The first-order valence-electron chi connectivity index (χ1n) is 6.57. The molecule has 0 aliphatic carbocycles. The van der Waals surface area contributed by atoms with E-state index in [1.54, 1.807) is 13.4 Å². The van der Waals surface area contributed by atoms with Crippen molar-refractivity contribution in [3.8, 4) is 11.4 Å². The van der Waals surface area contributed by atoms with E-state index in [-0.39, 0.29) is 0 Å². The lowest BCUT2D eigenvalue weighted by Crippen LogP contribution is -2.05. The van der Waals surface area contributed by atoms with E-state index in [4.69, 9.17) is 21.7 Å². The number of H-pyrrole nitrogens is 1. The molecule has 0 atom stereocenters. The lowest BCUT2D eigenvalue weighted by atomic mass is 10.1. The van der Waals surface area contributed by atoms with Crippen LogP contribution in [0.15, 0.2) is 42.7 Å². The Morgan fingerprint density at radius 3 is 2.67 bits per heavy atom. The Balaban J connectivity index is 2.11. The molecule has 1 N–H and O–H groups in total. The fourth-order valence-electron chi connectivity index (χ4n) is 2.25. The number of methoxy groups -OCH3 is 1. The summed E-state index contributed by atoms with van der Waals surface area (Å²) in [5.41, 5.74) is 0.975. The van der Waals surface area contributed by atoms with Gasteiger partial charge in [0, 0.05) is 17.9 Å². The SMILES string of the molecule is COCCOc1ccc(-n2cn[nH]c2=S)c2ccccc12. The maximum Gasteiger partial charge on any atom is 0.199 e. The summed E-state index contributed by atoms with van der Waals surface area (Å²) in [5.74, 6) is 0.835. The zero-order chi connectivity index (χ0) is 14.7. The van der Waals surface area contributed by atoms with Crippen molar-refractivity contribution in [1.82, 2.24) is 14.8 Å². The molecule has 1 aromatic heterocycles. The predicted molar refractivity (Wildman–Crippen MR) is 83.6 cm³/mol. The van der Waals surface area contributed by atoms with Crippen molar-refractivity contribution in [1.29, 1.82) is 0 Å². The van der Waals surface area contributed by atoms with E-state index in [9.17, 15) is 0 Å². The third-order valence-electron chi connectivity index (χ3n) is 3.22. The van der Waals surface area contributed by atoms with Gasteiger partial charge in [-0.3, -0.25) is 9.67 Å². The number of nitrogens with zero attached hydrogens (tertiary/aromatic N) is 2. The highest BCUT2D eigenvalue weighted by atomic mass is 32.1. The maximum atomic E-state index is 5.78. The van der Waals surface area contributed by atoms with Crippen LogP contribution in [0.1, 0.15) is 0 Å². The number of aromatic amines is 1. The Morgan fingerprint density at radius 2 is 1.95 bits per heavy atom. The Bertz CT molecular complexity index is 810. The van der Waals surface area contributed by atoms with Crippen molar-refractivity contribution in [3.63, 3.8) is 0 Å². The van der Waals surface area contributed by atoms with Gasteiger partial charge >= 0.3 is 0 Å².